The van der Waals surface area contributed by atoms with Gasteiger partial charge in [-0.3, -0.25) is 4.79 Å². The minimum Gasteiger partial charge on any atom is -0.478 e. The number of nitrogens with two attached hydrogens (primary N) is 1. The second-order valence-corrected chi connectivity index (χ2v) is 3.85. The Morgan fingerprint density at radius 1 is 1.42 bits per heavy atom. The van der Waals surface area contributed by atoms with Crippen LogP contribution in [0.3, 0.4) is 0 Å². The molecular formula is C12H18N4O3. The number of nitrogen functional groups attached to an aromatic ring is 1. The van der Waals surface area contributed by atoms with Crippen LogP contribution in [-0.4, -0.2) is 46.5 Å². The number of nitrogens with zero attached hydrogens (tertiary/aromatic N) is 2. The van der Waals surface area contributed by atoms with E-state index in [1.807, 2.05) is 13.8 Å². The minimum absolute atomic E-state index is 0.0297. The molecule has 0 aromatic carbocycles. The summed E-state index contributed by atoms with van der Waals surface area (Å²) < 4.78 is 0. The van der Waals surface area contributed by atoms with Crippen molar-refractivity contribution in [1.29, 1.82) is 0 Å². The number of carboxylic acids is 1. The van der Waals surface area contributed by atoms with Crippen molar-refractivity contribution in [1.82, 2.24) is 9.88 Å². The van der Waals surface area contributed by atoms with Crippen LogP contribution in [0.25, 0.3) is 0 Å². The Labute approximate surface area is 111 Å². The average molecular weight is 266 g/mol. The summed E-state index contributed by atoms with van der Waals surface area (Å²) in [7, 11) is 0. The van der Waals surface area contributed by atoms with Gasteiger partial charge in [-0.25, -0.2) is 9.78 Å². The number of pyridine rings is 1. The first-order valence-electron chi connectivity index (χ1n) is 6.00. The van der Waals surface area contributed by atoms with E-state index in [1.165, 1.54) is 12.3 Å². The molecule has 0 radical (unpaired) electrons. The number of aromatic nitrogens is 1. The molecule has 19 heavy (non-hydrogen) atoms. The van der Waals surface area contributed by atoms with Gasteiger partial charge in [-0.05, 0) is 19.9 Å². The van der Waals surface area contributed by atoms with Crippen molar-refractivity contribution in [3.63, 3.8) is 0 Å². The van der Waals surface area contributed by atoms with E-state index >= 15 is 0 Å². The van der Waals surface area contributed by atoms with Crippen LogP contribution < -0.4 is 11.1 Å². The highest BCUT2D eigenvalue weighted by Gasteiger charge is 2.14. The van der Waals surface area contributed by atoms with Crippen molar-refractivity contribution >= 4 is 23.4 Å². The molecule has 7 nitrogen and oxygen atoms in total. The number of amides is 1. The molecule has 1 aromatic heterocycles. The van der Waals surface area contributed by atoms with E-state index in [-0.39, 0.29) is 29.5 Å². The number of aromatic carboxylic acids is 1. The summed E-state index contributed by atoms with van der Waals surface area (Å²) in [6.07, 6.45) is 1.34. The number of likely N-dealkylation sites (N-methyl/N-ethyl adjacent to an activating group) is 1. The zero-order chi connectivity index (χ0) is 14.4. The molecule has 0 spiro atoms. The number of anilines is 2. The Kier molecular flexibility index (Phi) is 5.11. The lowest BCUT2D eigenvalue weighted by Crippen LogP contribution is -2.35. The van der Waals surface area contributed by atoms with Crippen LogP contribution >= 0.6 is 0 Å². The molecule has 0 aliphatic carbocycles. The summed E-state index contributed by atoms with van der Waals surface area (Å²) in [5.41, 5.74) is 5.68. The van der Waals surface area contributed by atoms with Gasteiger partial charge < -0.3 is 21.1 Å². The van der Waals surface area contributed by atoms with E-state index in [9.17, 15) is 9.59 Å². The second kappa shape index (κ2) is 6.58. The van der Waals surface area contributed by atoms with Crippen molar-refractivity contribution < 1.29 is 14.7 Å². The number of hydrogen-bond acceptors (Lipinski definition) is 5. The maximum atomic E-state index is 11.8. The third-order valence-electron chi connectivity index (χ3n) is 2.74. The molecule has 1 aromatic rings. The molecule has 1 heterocycles. The first kappa shape index (κ1) is 14.7. The molecule has 104 valence electrons. The predicted octanol–water partition coefficient (Wildman–Crippen LogP) is 0.642. The number of nitrogens with one attached hydrogen (secondary N) is 1. The molecule has 4 N–H and O–H groups in total. The highest BCUT2D eigenvalue weighted by atomic mass is 16.4. The monoisotopic (exact) mass is 266 g/mol. The summed E-state index contributed by atoms with van der Waals surface area (Å²) in [6, 6.07) is 1.31. The van der Waals surface area contributed by atoms with Crippen LogP contribution in [0.1, 0.15) is 24.2 Å². The van der Waals surface area contributed by atoms with Crippen molar-refractivity contribution in [2.24, 2.45) is 0 Å². The summed E-state index contributed by atoms with van der Waals surface area (Å²) in [5, 5.41) is 11.7. The zero-order valence-electron chi connectivity index (χ0n) is 11.0. The highest BCUT2D eigenvalue weighted by Crippen LogP contribution is 2.19. The van der Waals surface area contributed by atoms with Crippen molar-refractivity contribution in [2.45, 2.75) is 13.8 Å². The van der Waals surface area contributed by atoms with Gasteiger partial charge in [0.15, 0.2) is 0 Å². The predicted molar refractivity (Wildman–Crippen MR) is 72.0 cm³/mol. The second-order valence-electron chi connectivity index (χ2n) is 3.85. The van der Waals surface area contributed by atoms with Gasteiger partial charge in [-0.15, -0.1) is 0 Å². The topological polar surface area (TPSA) is 109 Å². The van der Waals surface area contributed by atoms with E-state index < -0.39 is 5.97 Å². The van der Waals surface area contributed by atoms with Crippen LogP contribution in [0, 0.1) is 0 Å². The fourth-order valence-electron chi connectivity index (χ4n) is 1.65. The lowest BCUT2D eigenvalue weighted by atomic mass is 10.2. The SMILES string of the molecule is CCN(CC)C(=O)CNc1nccc(C(=O)O)c1N. The van der Waals surface area contributed by atoms with Gasteiger partial charge in [0.1, 0.15) is 5.82 Å². The van der Waals surface area contributed by atoms with Crippen molar-refractivity contribution in [3.05, 3.63) is 17.8 Å². The first-order valence-corrected chi connectivity index (χ1v) is 6.00. The van der Waals surface area contributed by atoms with Gasteiger partial charge in [-0.1, -0.05) is 0 Å². The summed E-state index contributed by atoms with van der Waals surface area (Å²) in [6.45, 7) is 5.05. The third kappa shape index (κ3) is 3.57. The molecule has 0 saturated carbocycles. The minimum atomic E-state index is -1.13. The van der Waals surface area contributed by atoms with Gasteiger partial charge in [-0.2, -0.15) is 0 Å². The lowest BCUT2D eigenvalue weighted by Gasteiger charge is -2.19. The van der Waals surface area contributed by atoms with Gasteiger partial charge in [0.05, 0.1) is 17.8 Å². The van der Waals surface area contributed by atoms with Crippen LogP contribution in [0.5, 0.6) is 0 Å². The largest absolute Gasteiger partial charge is 0.478 e. The molecule has 1 amide bonds. The molecule has 1 rings (SSSR count). The Bertz CT molecular complexity index is 472. The smallest absolute Gasteiger partial charge is 0.337 e. The standard InChI is InChI=1S/C12H18N4O3/c1-3-16(4-2)9(17)7-15-11-10(13)8(12(18)19)5-6-14-11/h5-6H,3-4,7,13H2,1-2H3,(H,14,15)(H,18,19). The molecule has 0 aliphatic rings. The molecule has 0 atom stereocenters. The number of carboxylic acid groups (broad SMARTS) is 1. The molecule has 0 fully saturated rings. The van der Waals surface area contributed by atoms with E-state index in [0.29, 0.717) is 13.1 Å². The molecule has 0 bridgehead atoms. The van der Waals surface area contributed by atoms with Crippen LogP contribution in [0.2, 0.25) is 0 Å². The number of rotatable bonds is 6. The number of hydrogen-bond donors (Lipinski definition) is 3. The molecular weight excluding hydrogens is 248 g/mol. The van der Waals surface area contributed by atoms with Crippen LogP contribution in [0.15, 0.2) is 12.3 Å². The first-order chi connectivity index (χ1) is 9.01. The van der Waals surface area contributed by atoms with Gasteiger partial charge in [0, 0.05) is 19.3 Å². The van der Waals surface area contributed by atoms with E-state index in [1.54, 1.807) is 4.90 Å². The third-order valence-corrected chi connectivity index (χ3v) is 2.74. The Balaban J connectivity index is 2.76. The fraction of sp³-hybridized carbons (Fsp3) is 0.417. The summed E-state index contributed by atoms with van der Waals surface area (Å²) >= 11 is 0. The summed E-state index contributed by atoms with van der Waals surface area (Å²) in [5.74, 6) is -1.01. The van der Waals surface area contributed by atoms with Gasteiger partial charge in [0.25, 0.3) is 0 Å². The number of carbonyl (C=O) groups is 2. The molecule has 0 saturated heterocycles. The average Bonchev–Trinajstić information content (AvgIpc) is 2.38. The van der Waals surface area contributed by atoms with Crippen molar-refractivity contribution in [3.8, 4) is 0 Å². The fourth-order valence-corrected chi connectivity index (χ4v) is 1.65. The highest BCUT2D eigenvalue weighted by molar-refractivity contribution is 5.96. The van der Waals surface area contributed by atoms with Crippen LogP contribution in [-0.2, 0) is 4.79 Å². The Morgan fingerprint density at radius 3 is 2.58 bits per heavy atom. The maximum Gasteiger partial charge on any atom is 0.337 e. The quantitative estimate of drug-likeness (QED) is 0.697. The maximum absolute atomic E-state index is 11.8. The Morgan fingerprint density at radius 2 is 2.05 bits per heavy atom. The van der Waals surface area contributed by atoms with Gasteiger partial charge >= 0.3 is 5.97 Å². The molecule has 0 aliphatic heterocycles. The normalized spacial score (nSPS) is 10.0. The zero-order valence-corrected chi connectivity index (χ0v) is 11.0. The number of carbonyl (C=O) groups excluding carboxylic acids is 1. The van der Waals surface area contributed by atoms with E-state index in [4.69, 9.17) is 10.8 Å². The van der Waals surface area contributed by atoms with Crippen molar-refractivity contribution in [2.75, 3.05) is 30.7 Å². The lowest BCUT2D eigenvalue weighted by molar-refractivity contribution is -0.128. The van der Waals surface area contributed by atoms with Gasteiger partial charge in [0.2, 0.25) is 5.91 Å². The Hall–Kier alpha value is -2.31. The molecule has 0 unspecified atom stereocenters. The van der Waals surface area contributed by atoms with E-state index in [0.717, 1.165) is 0 Å². The van der Waals surface area contributed by atoms with E-state index in [2.05, 4.69) is 10.3 Å². The molecule has 7 heteroatoms. The summed E-state index contributed by atoms with van der Waals surface area (Å²) in [4.78, 5) is 28.3. The van der Waals surface area contributed by atoms with Crippen LogP contribution in [0.4, 0.5) is 11.5 Å².